The Hall–Kier alpha value is -1.36. The van der Waals surface area contributed by atoms with Gasteiger partial charge in [-0.15, -0.1) is 0 Å². The van der Waals surface area contributed by atoms with E-state index in [0.717, 1.165) is 12.8 Å². The van der Waals surface area contributed by atoms with Gasteiger partial charge < -0.3 is 13.9 Å². The summed E-state index contributed by atoms with van der Waals surface area (Å²) in [5.74, 6) is 0.698. The quantitative estimate of drug-likeness (QED) is 0.775. The lowest BCUT2D eigenvalue weighted by atomic mass is 10.1. The van der Waals surface area contributed by atoms with Crippen LogP contribution < -0.4 is 0 Å². The number of carbonyl (C=O) groups is 1. The Morgan fingerprint density at radius 1 is 1.45 bits per heavy atom. The van der Waals surface area contributed by atoms with E-state index in [1.165, 1.54) is 0 Å². The van der Waals surface area contributed by atoms with Gasteiger partial charge in [0.1, 0.15) is 6.10 Å². The normalized spacial score (nSPS) is 22.4. The molecule has 1 aliphatic rings. The topological polar surface area (TPSA) is 61.6 Å². The average molecular weight is 281 g/mol. The fourth-order valence-electron chi connectivity index (χ4n) is 2.37. The molecule has 0 aliphatic carbocycles. The van der Waals surface area contributed by atoms with Crippen molar-refractivity contribution in [3.05, 3.63) is 17.3 Å². The van der Waals surface area contributed by atoms with Gasteiger partial charge in [0.25, 0.3) is 0 Å². The minimum absolute atomic E-state index is 0.140. The second-order valence-electron chi connectivity index (χ2n) is 5.66. The number of aromatic nitrogens is 1. The zero-order valence-electron chi connectivity index (χ0n) is 12.6. The average Bonchev–Trinajstić information content (AvgIpc) is 2.95. The van der Waals surface area contributed by atoms with Crippen molar-refractivity contribution in [2.24, 2.45) is 5.92 Å². The first kappa shape index (κ1) is 15.0. The Kier molecular flexibility index (Phi) is 4.81. The van der Waals surface area contributed by atoms with E-state index in [9.17, 15) is 4.79 Å². The molecule has 112 valence electrons. The third-order valence-electron chi connectivity index (χ3n) is 3.28. The van der Waals surface area contributed by atoms with Gasteiger partial charge in [0, 0.05) is 0 Å². The van der Waals surface area contributed by atoms with E-state index in [-0.39, 0.29) is 18.0 Å². The molecule has 1 saturated heterocycles. The molecule has 0 amide bonds. The number of hydrogen-bond acceptors (Lipinski definition) is 5. The molecule has 2 atom stereocenters. The predicted molar refractivity (Wildman–Crippen MR) is 73.5 cm³/mol. The first-order chi connectivity index (χ1) is 9.51. The predicted octanol–water partition coefficient (Wildman–Crippen LogP) is 3.29. The third-order valence-corrected chi connectivity index (χ3v) is 3.28. The highest BCUT2D eigenvalue weighted by Crippen LogP contribution is 2.33. The van der Waals surface area contributed by atoms with Crippen molar-refractivity contribution in [2.45, 2.75) is 59.2 Å². The lowest BCUT2D eigenvalue weighted by molar-refractivity contribution is 0.0348. The second kappa shape index (κ2) is 6.39. The minimum Gasteiger partial charge on any atom is -0.460 e. The lowest BCUT2D eigenvalue weighted by Gasteiger charge is -2.05. The van der Waals surface area contributed by atoms with Gasteiger partial charge in [-0.3, -0.25) is 0 Å². The molecule has 0 aromatic carbocycles. The third kappa shape index (κ3) is 3.39. The fourth-order valence-corrected chi connectivity index (χ4v) is 2.37. The number of carbonyl (C=O) groups excluding carboxylic acids is 1. The molecule has 2 rings (SSSR count). The zero-order chi connectivity index (χ0) is 14.7. The molecule has 0 spiro atoms. The van der Waals surface area contributed by atoms with Crippen LogP contribution in [0, 0.1) is 5.92 Å². The Balaban J connectivity index is 2.24. The van der Waals surface area contributed by atoms with Gasteiger partial charge in [0.05, 0.1) is 18.4 Å². The molecule has 1 fully saturated rings. The molecule has 20 heavy (non-hydrogen) atoms. The van der Waals surface area contributed by atoms with Crippen molar-refractivity contribution in [3.8, 4) is 0 Å². The van der Waals surface area contributed by atoms with Crippen molar-refractivity contribution in [1.82, 2.24) is 4.98 Å². The Morgan fingerprint density at radius 2 is 2.20 bits per heavy atom. The van der Waals surface area contributed by atoms with Crippen molar-refractivity contribution >= 4 is 5.97 Å². The maximum absolute atomic E-state index is 11.9. The lowest BCUT2D eigenvalue weighted by Crippen LogP contribution is -2.08. The smallest absolute Gasteiger partial charge is 0.376 e. The van der Waals surface area contributed by atoms with E-state index in [0.29, 0.717) is 30.5 Å². The molecule has 0 bridgehead atoms. The van der Waals surface area contributed by atoms with Crippen LogP contribution in [0.15, 0.2) is 4.42 Å². The highest BCUT2D eigenvalue weighted by Gasteiger charge is 2.31. The van der Waals surface area contributed by atoms with Crippen LogP contribution >= 0.6 is 0 Å². The molecule has 0 saturated carbocycles. The number of esters is 1. The SMILES string of the molecule is CCOC(=O)c1oc(C2CCC(C)O2)nc1CC(C)C. The molecule has 0 radical (unpaired) electrons. The molecule has 5 heteroatoms. The van der Waals surface area contributed by atoms with E-state index in [2.05, 4.69) is 18.8 Å². The van der Waals surface area contributed by atoms with Crippen LogP contribution in [-0.4, -0.2) is 23.7 Å². The first-order valence-electron chi connectivity index (χ1n) is 7.33. The zero-order valence-corrected chi connectivity index (χ0v) is 12.6. The van der Waals surface area contributed by atoms with Crippen LogP contribution in [0.1, 0.15) is 68.8 Å². The molecule has 0 N–H and O–H groups in total. The summed E-state index contributed by atoms with van der Waals surface area (Å²) in [6.45, 7) is 8.30. The summed E-state index contributed by atoms with van der Waals surface area (Å²) in [5.41, 5.74) is 0.677. The summed E-state index contributed by atoms with van der Waals surface area (Å²) in [6.07, 6.45) is 2.64. The molecule has 5 nitrogen and oxygen atoms in total. The maximum atomic E-state index is 11.9. The summed E-state index contributed by atoms with van der Waals surface area (Å²) >= 11 is 0. The van der Waals surface area contributed by atoms with Crippen molar-refractivity contribution < 1.29 is 18.7 Å². The summed E-state index contributed by atoms with van der Waals surface area (Å²) in [4.78, 5) is 16.4. The Bertz CT molecular complexity index is 466. The van der Waals surface area contributed by atoms with Crippen LogP contribution in [0.2, 0.25) is 0 Å². The number of rotatable bonds is 5. The van der Waals surface area contributed by atoms with Gasteiger partial charge in [0.2, 0.25) is 11.7 Å². The molecule has 1 aromatic rings. The summed E-state index contributed by atoms with van der Waals surface area (Å²) in [7, 11) is 0. The molecule has 1 aliphatic heterocycles. The highest BCUT2D eigenvalue weighted by molar-refractivity contribution is 5.87. The summed E-state index contributed by atoms with van der Waals surface area (Å²) in [5, 5.41) is 0. The summed E-state index contributed by atoms with van der Waals surface area (Å²) < 4.78 is 16.4. The van der Waals surface area contributed by atoms with E-state index in [4.69, 9.17) is 13.9 Å². The fraction of sp³-hybridized carbons (Fsp3) is 0.733. The monoisotopic (exact) mass is 281 g/mol. The van der Waals surface area contributed by atoms with Gasteiger partial charge in [-0.1, -0.05) is 13.8 Å². The number of ether oxygens (including phenoxy) is 2. The van der Waals surface area contributed by atoms with Crippen molar-refractivity contribution in [1.29, 1.82) is 0 Å². The molecule has 2 heterocycles. The van der Waals surface area contributed by atoms with Crippen LogP contribution in [0.3, 0.4) is 0 Å². The highest BCUT2D eigenvalue weighted by atomic mass is 16.5. The minimum atomic E-state index is -0.437. The van der Waals surface area contributed by atoms with Crippen LogP contribution in [0.4, 0.5) is 0 Å². The van der Waals surface area contributed by atoms with Crippen LogP contribution in [-0.2, 0) is 15.9 Å². The molecular formula is C15H23NO4. The van der Waals surface area contributed by atoms with E-state index < -0.39 is 5.97 Å². The standard InChI is InChI=1S/C15H23NO4/c1-5-18-15(17)13-11(8-9(2)3)16-14(20-13)12-7-6-10(4)19-12/h9-10,12H,5-8H2,1-4H3. The van der Waals surface area contributed by atoms with Gasteiger partial charge in [-0.25, -0.2) is 9.78 Å². The molecular weight excluding hydrogens is 258 g/mol. The maximum Gasteiger partial charge on any atom is 0.376 e. The van der Waals surface area contributed by atoms with Crippen LogP contribution in [0.5, 0.6) is 0 Å². The van der Waals surface area contributed by atoms with Crippen molar-refractivity contribution in [2.75, 3.05) is 6.61 Å². The second-order valence-corrected chi connectivity index (χ2v) is 5.66. The van der Waals surface area contributed by atoms with Crippen LogP contribution in [0.25, 0.3) is 0 Å². The first-order valence-corrected chi connectivity index (χ1v) is 7.33. The Morgan fingerprint density at radius 3 is 2.75 bits per heavy atom. The largest absolute Gasteiger partial charge is 0.460 e. The number of hydrogen-bond donors (Lipinski definition) is 0. The molecule has 2 unspecified atom stereocenters. The number of oxazole rings is 1. The summed E-state index contributed by atoms with van der Waals surface area (Å²) in [6, 6.07) is 0. The number of nitrogens with zero attached hydrogens (tertiary/aromatic N) is 1. The van der Waals surface area contributed by atoms with Gasteiger partial charge >= 0.3 is 5.97 Å². The Labute approximate surface area is 119 Å². The van der Waals surface area contributed by atoms with E-state index >= 15 is 0 Å². The van der Waals surface area contributed by atoms with Crippen molar-refractivity contribution in [3.63, 3.8) is 0 Å². The van der Waals surface area contributed by atoms with E-state index in [1.54, 1.807) is 6.92 Å². The van der Waals surface area contributed by atoms with E-state index in [1.807, 2.05) is 6.92 Å². The van der Waals surface area contributed by atoms with Gasteiger partial charge in [-0.2, -0.15) is 0 Å². The van der Waals surface area contributed by atoms with Gasteiger partial charge in [-0.05, 0) is 39.0 Å². The molecule has 1 aromatic heterocycles. The van der Waals surface area contributed by atoms with Gasteiger partial charge in [0.15, 0.2) is 0 Å².